The third-order valence-electron chi connectivity index (χ3n) is 5.21. The predicted octanol–water partition coefficient (Wildman–Crippen LogP) is 4.33. The highest BCUT2D eigenvalue weighted by atomic mass is 16.5. The second-order valence-corrected chi connectivity index (χ2v) is 7.42. The molecular weight excluding hydrogens is 376 g/mol. The molecule has 0 spiro atoms. The Bertz CT molecular complexity index is 942. The monoisotopic (exact) mass is 404 g/mol. The van der Waals surface area contributed by atoms with E-state index in [0.29, 0.717) is 12.0 Å². The summed E-state index contributed by atoms with van der Waals surface area (Å²) in [5.41, 5.74) is 4.06. The maximum Gasteiger partial charge on any atom is 0.225 e. The molecule has 1 aliphatic rings. The van der Waals surface area contributed by atoms with Gasteiger partial charge < -0.3 is 20.3 Å². The summed E-state index contributed by atoms with van der Waals surface area (Å²) in [5, 5.41) is 6.81. The fraction of sp³-hybridized carbons (Fsp3) is 0.348. The number of nitrogens with one attached hydrogen (secondary N) is 2. The van der Waals surface area contributed by atoms with Crippen molar-refractivity contribution in [3.63, 3.8) is 0 Å². The molecule has 1 aromatic carbocycles. The molecule has 30 heavy (non-hydrogen) atoms. The van der Waals surface area contributed by atoms with Crippen LogP contribution in [0.4, 0.5) is 23.1 Å². The molecule has 3 aromatic rings. The van der Waals surface area contributed by atoms with Gasteiger partial charge >= 0.3 is 0 Å². The summed E-state index contributed by atoms with van der Waals surface area (Å²) in [7, 11) is 0. The van der Waals surface area contributed by atoms with Crippen LogP contribution in [0, 0.1) is 0 Å². The Morgan fingerprint density at radius 1 is 1.03 bits per heavy atom. The highest BCUT2D eigenvalue weighted by molar-refractivity contribution is 5.68. The van der Waals surface area contributed by atoms with Gasteiger partial charge in [0.25, 0.3) is 0 Å². The van der Waals surface area contributed by atoms with Crippen molar-refractivity contribution in [2.45, 2.75) is 26.3 Å². The molecule has 1 fully saturated rings. The largest absolute Gasteiger partial charge is 0.378 e. The summed E-state index contributed by atoms with van der Waals surface area (Å²) in [6, 6.07) is 14.6. The molecule has 2 N–H and O–H groups in total. The van der Waals surface area contributed by atoms with Gasteiger partial charge in [-0.2, -0.15) is 4.98 Å². The van der Waals surface area contributed by atoms with Gasteiger partial charge in [-0.05, 0) is 49.7 Å². The SMILES string of the molecule is CC[C@H](C)Nc1nc(Nc2ccc(N3CCOCC3)cc2)cc(-c2ccncc2)n1. The Morgan fingerprint density at radius 2 is 1.77 bits per heavy atom. The van der Waals surface area contributed by atoms with E-state index in [0.717, 1.165) is 55.5 Å². The van der Waals surface area contributed by atoms with Gasteiger partial charge in [0.05, 0.1) is 18.9 Å². The lowest BCUT2D eigenvalue weighted by Crippen LogP contribution is -2.36. The van der Waals surface area contributed by atoms with E-state index in [2.05, 4.69) is 63.6 Å². The van der Waals surface area contributed by atoms with Gasteiger partial charge in [0.15, 0.2) is 0 Å². The maximum absolute atomic E-state index is 5.44. The highest BCUT2D eigenvalue weighted by Crippen LogP contribution is 2.25. The lowest BCUT2D eigenvalue weighted by atomic mass is 10.2. The smallest absolute Gasteiger partial charge is 0.225 e. The van der Waals surface area contributed by atoms with Crippen LogP contribution in [0.2, 0.25) is 0 Å². The van der Waals surface area contributed by atoms with Gasteiger partial charge in [0, 0.05) is 54.5 Å². The lowest BCUT2D eigenvalue weighted by Gasteiger charge is -2.28. The van der Waals surface area contributed by atoms with Gasteiger partial charge in [0.1, 0.15) is 5.82 Å². The average Bonchev–Trinajstić information content (AvgIpc) is 2.80. The number of anilines is 4. The minimum atomic E-state index is 0.290. The summed E-state index contributed by atoms with van der Waals surface area (Å²) in [6.45, 7) is 7.69. The molecule has 7 heteroatoms. The molecule has 1 saturated heterocycles. The fourth-order valence-electron chi connectivity index (χ4n) is 3.29. The fourth-order valence-corrected chi connectivity index (χ4v) is 3.29. The van der Waals surface area contributed by atoms with E-state index < -0.39 is 0 Å². The van der Waals surface area contributed by atoms with Crippen LogP contribution in [0.1, 0.15) is 20.3 Å². The molecule has 1 atom stereocenters. The van der Waals surface area contributed by atoms with Crippen molar-refractivity contribution in [3.05, 3.63) is 54.9 Å². The van der Waals surface area contributed by atoms with Crippen LogP contribution in [-0.2, 0) is 4.74 Å². The number of rotatable bonds is 7. The lowest BCUT2D eigenvalue weighted by molar-refractivity contribution is 0.122. The predicted molar refractivity (Wildman–Crippen MR) is 121 cm³/mol. The summed E-state index contributed by atoms with van der Waals surface area (Å²) < 4.78 is 5.44. The molecule has 0 saturated carbocycles. The third-order valence-corrected chi connectivity index (χ3v) is 5.21. The number of morpholine rings is 1. The van der Waals surface area contributed by atoms with Crippen LogP contribution in [-0.4, -0.2) is 47.3 Å². The summed E-state index contributed by atoms with van der Waals surface area (Å²) >= 11 is 0. The van der Waals surface area contributed by atoms with Crippen LogP contribution >= 0.6 is 0 Å². The van der Waals surface area contributed by atoms with Crippen LogP contribution in [0.15, 0.2) is 54.9 Å². The molecule has 0 aliphatic carbocycles. The van der Waals surface area contributed by atoms with E-state index in [1.54, 1.807) is 12.4 Å². The van der Waals surface area contributed by atoms with Crippen molar-refractivity contribution in [3.8, 4) is 11.3 Å². The Hall–Kier alpha value is -3.19. The topological polar surface area (TPSA) is 75.2 Å². The first-order chi connectivity index (χ1) is 14.7. The minimum Gasteiger partial charge on any atom is -0.378 e. The molecule has 3 heterocycles. The van der Waals surface area contributed by atoms with Crippen molar-refractivity contribution < 1.29 is 4.74 Å². The number of nitrogens with zero attached hydrogens (tertiary/aromatic N) is 4. The second kappa shape index (κ2) is 9.54. The molecule has 7 nitrogen and oxygen atoms in total. The Labute approximate surface area is 177 Å². The van der Waals surface area contributed by atoms with Crippen LogP contribution in [0.25, 0.3) is 11.3 Å². The highest BCUT2D eigenvalue weighted by Gasteiger charge is 2.12. The summed E-state index contributed by atoms with van der Waals surface area (Å²) in [5.74, 6) is 1.37. The summed E-state index contributed by atoms with van der Waals surface area (Å²) in [6.07, 6.45) is 4.54. The number of ether oxygens (including phenoxy) is 1. The number of pyridine rings is 1. The van der Waals surface area contributed by atoms with Gasteiger partial charge in [-0.15, -0.1) is 0 Å². The number of hydrogen-bond acceptors (Lipinski definition) is 7. The number of hydrogen-bond donors (Lipinski definition) is 2. The standard InChI is InChI=1S/C23H28N6O/c1-3-17(2)25-23-27-21(18-8-10-24-11-9-18)16-22(28-23)26-19-4-6-20(7-5-19)29-12-14-30-15-13-29/h4-11,16-17H,3,12-15H2,1-2H3,(H2,25,26,27,28)/t17-/m0/s1. The number of benzene rings is 1. The molecule has 0 unspecified atom stereocenters. The minimum absolute atomic E-state index is 0.290. The van der Waals surface area contributed by atoms with E-state index in [-0.39, 0.29) is 0 Å². The molecule has 0 bridgehead atoms. The average molecular weight is 405 g/mol. The van der Waals surface area contributed by atoms with Crippen molar-refractivity contribution in [1.82, 2.24) is 15.0 Å². The van der Waals surface area contributed by atoms with Crippen molar-refractivity contribution in [1.29, 1.82) is 0 Å². The molecule has 0 amide bonds. The van der Waals surface area contributed by atoms with Gasteiger partial charge in [0.2, 0.25) is 5.95 Å². The van der Waals surface area contributed by atoms with E-state index in [9.17, 15) is 0 Å². The maximum atomic E-state index is 5.44. The van der Waals surface area contributed by atoms with Crippen molar-refractivity contribution in [2.24, 2.45) is 0 Å². The Morgan fingerprint density at radius 3 is 2.47 bits per heavy atom. The third kappa shape index (κ3) is 5.04. The van der Waals surface area contributed by atoms with Crippen LogP contribution in [0.3, 0.4) is 0 Å². The Kier molecular flexibility index (Phi) is 6.39. The quantitative estimate of drug-likeness (QED) is 0.607. The Balaban J connectivity index is 1.57. The van der Waals surface area contributed by atoms with E-state index in [1.807, 2.05) is 18.2 Å². The van der Waals surface area contributed by atoms with Crippen LogP contribution in [0.5, 0.6) is 0 Å². The summed E-state index contributed by atoms with van der Waals surface area (Å²) in [4.78, 5) is 15.8. The molecule has 156 valence electrons. The number of aromatic nitrogens is 3. The van der Waals surface area contributed by atoms with Crippen molar-refractivity contribution in [2.75, 3.05) is 41.8 Å². The molecule has 1 aliphatic heterocycles. The first kappa shape index (κ1) is 20.1. The first-order valence-corrected chi connectivity index (χ1v) is 10.5. The zero-order valence-electron chi connectivity index (χ0n) is 17.5. The molecule has 0 radical (unpaired) electrons. The normalized spacial score (nSPS) is 14.9. The van der Waals surface area contributed by atoms with Gasteiger partial charge in [-0.3, -0.25) is 4.98 Å². The first-order valence-electron chi connectivity index (χ1n) is 10.5. The second-order valence-electron chi connectivity index (χ2n) is 7.42. The molecular formula is C23H28N6O. The molecule has 2 aromatic heterocycles. The van der Waals surface area contributed by atoms with Gasteiger partial charge in [-0.25, -0.2) is 4.98 Å². The zero-order chi connectivity index (χ0) is 20.8. The van der Waals surface area contributed by atoms with E-state index >= 15 is 0 Å². The van der Waals surface area contributed by atoms with Crippen molar-refractivity contribution >= 4 is 23.1 Å². The van der Waals surface area contributed by atoms with Gasteiger partial charge in [-0.1, -0.05) is 6.92 Å². The van der Waals surface area contributed by atoms with E-state index in [4.69, 9.17) is 9.72 Å². The molecule has 4 rings (SSSR count). The van der Waals surface area contributed by atoms with Crippen LogP contribution < -0.4 is 15.5 Å². The zero-order valence-corrected chi connectivity index (χ0v) is 17.5. The van der Waals surface area contributed by atoms with E-state index in [1.165, 1.54) is 5.69 Å².